The van der Waals surface area contributed by atoms with Gasteiger partial charge in [0.25, 0.3) is 0 Å². The van der Waals surface area contributed by atoms with Gasteiger partial charge in [-0.15, -0.1) is 0 Å². The van der Waals surface area contributed by atoms with E-state index in [4.69, 9.17) is 0 Å². The van der Waals surface area contributed by atoms with Crippen LogP contribution in [0.3, 0.4) is 0 Å². The highest BCUT2D eigenvalue weighted by molar-refractivity contribution is 5.91. The van der Waals surface area contributed by atoms with E-state index in [0.29, 0.717) is 0 Å². The summed E-state index contributed by atoms with van der Waals surface area (Å²) in [5.74, 6) is 0. The highest BCUT2D eigenvalue weighted by Gasteiger charge is 2.08. The summed E-state index contributed by atoms with van der Waals surface area (Å²) in [6.07, 6.45) is 5.40. The Morgan fingerprint density at radius 2 is 2.00 bits per heavy atom. The van der Waals surface area contributed by atoms with Crippen LogP contribution in [0.5, 0.6) is 0 Å². The molecule has 0 saturated heterocycles. The number of hydrogen-bond acceptors (Lipinski definition) is 2. The number of pyridine rings is 1. The molecule has 2 aromatic rings. The fourth-order valence-electron chi connectivity index (χ4n) is 1.62. The third kappa shape index (κ3) is 1.38. The van der Waals surface area contributed by atoms with Gasteiger partial charge in [0.15, 0.2) is 0 Å². The molecule has 0 unspecified atom stereocenters. The zero-order valence-electron chi connectivity index (χ0n) is 7.96. The molecular formula is C12H8N3. The van der Waals surface area contributed by atoms with Crippen LogP contribution in [0.25, 0.3) is 11.1 Å². The lowest BCUT2D eigenvalue weighted by Crippen LogP contribution is -1.85. The first-order valence-corrected chi connectivity index (χ1v) is 4.72. The number of nitrogens with zero attached hydrogens (tertiary/aromatic N) is 3. The molecule has 0 aliphatic carbocycles. The van der Waals surface area contributed by atoms with Crippen LogP contribution in [0.2, 0.25) is 0 Å². The Morgan fingerprint density at radius 3 is 2.87 bits per heavy atom. The van der Waals surface area contributed by atoms with Gasteiger partial charge in [-0.3, -0.25) is 4.98 Å². The molecule has 0 amide bonds. The average Bonchev–Trinajstić information content (AvgIpc) is 2.77. The molecule has 0 fully saturated rings. The SMILES string of the molecule is C1=N[N]c2ccc(-c3cccnc3)cc21. The van der Waals surface area contributed by atoms with Gasteiger partial charge in [-0.2, -0.15) is 10.5 Å². The van der Waals surface area contributed by atoms with Crippen LogP contribution in [0.15, 0.2) is 47.8 Å². The third-order valence-corrected chi connectivity index (χ3v) is 2.38. The molecule has 3 heteroatoms. The molecule has 1 aromatic carbocycles. The largest absolute Gasteiger partial charge is 0.264 e. The monoisotopic (exact) mass is 194 g/mol. The summed E-state index contributed by atoms with van der Waals surface area (Å²) in [5.41, 5.74) is 8.24. The van der Waals surface area contributed by atoms with Crippen molar-refractivity contribution in [2.75, 3.05) is 0 Å². The van der Waals surface area contributed by atoms with E-state index in [2.05, 4.69) is 21.6 Å². The lowest BCUT2D eigenvalue weighted by Gasteiger charge is -2.02. The van der Waals surface area contributed by atoms with Gasteiger partial charge in [0.1, 0.15) is 0 Å². The van der Waals surface area contributed by atoms with Crippen molar-refractivity contribution in [1.29, 1.82) is 0 Å². The molecular weight excluding hydrogens is 186 g/mol. The van der Waals surface area contributed by atoms with Gasteiger partial charge in [-0.25, -0.2) is 0 Å². The van der Waals surface area contributed by atoms with Crippen LogP contribution in [0.4, 0.5) is 5.69 Å². The fourth-order valence-corrected chi connectivity index (χ4v) is 1.62. The molecule has 1 radical (unpaired) electrons. The molecule has 0 atom stereocenters. The van der Waals surface area contributed by atoms with Crippen molar-refractivity contribution in [2.24, 2.45) is 5.10 Å². The van der Waals surface area contributed by atoms with Gasteiger partial charge in [0, 0.05) is 23.5 Å². The summed E-state index contributed by atoms with van der Waals surface area (Å²) >= 11 is 0. The van der Waals surface area contributed by atoms with E-state index in [1.165, 1.54) is 0 Å². The third-order valence-electron chi connectivity index (χ3n) is 2.38. The Kier molecular flexibility index (Phi) is 1.75. The first kappa shape index (κ1) is 8.17. The molecule has 2 heterocycles. The van der Waals surface area contributed by atoms with Crippen molar-refractivity contribution in [3.05, 3.63) is 48.3 Å². The molecule has 71 valence electrons. The number of rotatable bonds is 1. The van der Waals surface area contributed by atoms with Crippen LogP contribution in [0.1, 0.15) is 5.56 Å². The van der Waals surface area contributed by atoms with Crippen molar-refractivity contribution in [1.82, 2.24) is 10.4 Å². The van der Waals surface area contributed by atoms with Gasteiger partial charge < -0.3 is 0 Å². The minimum absolute atomic E-state index is 0.933. The van der Waals surface area contributed by atoms with E-state index in [0.717, 1.165) is 22.4 Å². The van der Waals surface area contributed by atoms with Crippen LogP contribution in [-0.4, -0.2) is 11.2 Å². The molecule has 1 aromatic heterocycles. The number of aromatic nitrogens is 1. The van der Waals surface area contributed by atoms with Gasteiger partial charge in [0.2, 0.25) is 0 Å². The molecule has 15 heavy (non-hydrogen) atoms. The van der Waals surface area contributed by atoms with E-state index in [-0.39, 0.29) is 0 Å². The molecule has 1 aliphatic rings. The second-order valence-electron chi connectivity index (χ2n) is 3.36. The van der Waals surface area contributed by atoms with E-state index in [1.807, 2.05) is 30.5 Å². The first-order valence-electron chi connectivity index (χ1n) is 4.72. The minimum Gasteiger partial charge on any atom is -0.264 e. The standard InChI is InChI=1S/C12H8N3/c1-2-10(7-13-5-1)9-3-4-12-11(6-9)8-14-15-12/h1-8H. The summed E-state index contributed by atoms with van der Waals surface area (Å²) in [5, 5.41) is 3.87. The molecule has 0 N–H and O–H groups in total. The maximum absolute atomic E-state index is 4.10. The fraction of sp³-hybridized carbons (Fsp3) is 0. The highest BCUT2D eigenvalue weighted by atomic mass is 15.3. The summed E-state index contributed by atoms with van der Waals surface area (Å²) < 4.78 is 0. The van der Waals surface area contributed by atoms with E-state index < -0.39 is 0 Å². The van der Waals surface area contributed by atoms with Crippen LogP contribution in [-0.2, 0) is 0 Å². The molecule has 3 rings (SSSR count). The van der Waals surface area contributed by atoms with Gasteiger partial charge in [-0.1, -0.05) is 12.1 Å². The summed E-state index contributed by atoms with van der Waals surface area (Å²) in [7, 11) is 0. The molecule has 0 bridgehead atoms. The molecule has 1 aliphatic heterocycles. The molecule has 3 nitrogen and oxygen atoms in total. The highest BCUT2D eigenvalue weighted by Crippen LogP contribution is 2.25. The van der Waals surface area contributed by atoms with Crippen molar-refractivity contribution < 1.29 is 0 Å². The lowest BCUT2D eigenvalue weighted by molar-refractivity contribution is 0.992. The Balaban J connectivity index is 2.11. The summed E-state index contributed by atoms with van der Waals surface area (Å²) in [6.45, 7) is 0. The van der Waals surface area contributed by atoms with Crippen molar-refractivity contribution in [3.63, 3.8) is 0 Å². The van der Waals surface area contributed by atoms with E-state index in [1.54, 1.807) is 12.4 Å². The van der Waals surface area contributed by atoms with Gasteiger partial charge >= 0.3 is 0 Å². The Morgan fingerprint density at radius 1 is 1.00 bits per heavy atom. The topological polar surface area (TPSA) is 39.4 Å². The normalized spacial score (nSPS) is 12.3. The number of fused-ring (bicyclic) bond motifs is 1. The van der Waals surface area contributed by atoms with Crippen LogP contribution in [0, 0.1) is 0 Å². The quantitative estimate of drug-likeness (QED) is 0.686. The summed E-state index contributed by atoms with van der Waals surface area (Å²) in [6, 6.07) is 10.1. The first-order chi connectivity index (χ1) is 7.43. The minimum atomic E-state index is 0.933. The van der Waals surface area contributed by atoms with Gasteiger partial charge in [0.05, 0.1) is 11.9 Å². The smallest absolute Gasteiger partial charge is 0.0945 e. The predicted molar refractivity (Wildman–Crippen MR) is 59.1 cm³/mol. The summed E-state index contributed by atoms with van der Waals surface area (Å²) in [4.78, 5) is 4.10. The van der Waals surface area contributed by atoms with Crippen molar-refractivity contribution >= 4 is 11.9 Å². The Hall–Kier alpha value is -2.16. The second-order valence-corrected chi connectivity index (χ2v) is 3.36. The average molecular weight is 194 g/mol. The van der Waals surface area contributed by atoms with Crippen LogP contribution < -0.4 is 5.43 Å². The maximum atomic E-state index is 4.10. The lowest BCUT2D eigenvalue weighted by atomic mass is 10.0. The van der Waals surface area contributed by atoms with Crippen molar-refractivity contribution in [2.45, 2.75) is 0 Å². The van der Waals surface area contributed by atoms with Crippen LogP contribution >= 0.6 is 0 Å². The Labute approximate surface area is 87.5 Å². The van der Waals surface area contributed by atoms with Gasteiger partial charge in [-0.05, 0) is 23.8 Å². The second kappa shape index (κ2) is 3.20. The van der Waals surface area contributed by atoms with Crippen molar-refractivity contribution in [3.8, 4) is 11.1 Å². The number of hydrogen-bond donors (Lipinski definition) is 0. The van der Waals surface area contributed by atoms with E-state index >= 15 is 0 Å². The Bertz CT molecular complexity index is 518. The zero-order valence-corrected chi connectivity index (χ0v) is 7.96. The zero-order chi connectivity index (χ0) is 10.1. The molecule has 0 saturated carbocycles. The predicted octanol–water partition coefficient (Wildman–Crippen LogP) is 2.33. The molecule has 0 spiro atoms. The maximum Gasteiger partial charge on any atom is 0.0945 e. The number of benzene rings is 1. The van der Waals surface area contributed by atoms with E-state index in [9.17, 15) is 0 Å².